The van der Waals surface area contributed by atoms with Gasteiger partial charge in [-0.2, -0.15) is 0 Å². The van der Waals surface area contributed by atoms with Crippen molar-refractivity contribution in [2.75, 3.05) is 24.6 Å². The number of β-amino-alcohol motifs (C(OH)–C–C–N with tert-alkyl or cyclic N) is 1. The van der Waals surface area contributed by atoms with Gasteiger partial charge in [0.05, 0.1) is 17.9 Å². The second-order valence-electron chi connectivity index (χ2n) is 4.90. The number of anilines is 1. The third kappa shape index (κ3) is 2.67. The first-order valence-electron chi connectivity index (χ1n) is 5.75. The first-order chi connectivity index (χ1) is 7.56. The predicted octanol–water partition coefficient (Wildman–Crippen LogP) is 2.05. The van der Waals surface area contributed by atoms with E-state index in [2.05, 4.69) is 4.90 Å². The van der Waals surface area contributed by atoms with Crippen LogP contribution in [0, 0.1) is 0 Å². The van der Waals surface area contributed by atoms with Crippen molar-refractivity contribution in [2.45, 2.75) is 25.9 Å². The molecule has 0 spiro atoms. The summed E-state index contributed by atoms with van der Waals surface area (Å²) in [5.74, 6) is 0.921. The Labute approximate surface area is 96.6 Å². The molecule has 16 heavy (non-hydrogen) atoms. The first kappa shape index (κ1) is 11.3. The van der Waals surface area contributed by atoms with E-state index in [9.17, 15) is 5.11 Å². The Bertz CT molecular complexity index is 357. The average Bonchev–Trinajstić information content (AvgIpc) is 2.39. The summed E-state index contributed by atoms with van der Waals surface area (Å²) in [6.07, 6.45) is 0.991. The van der Waals surface area contributed by atoms with Gasteiger partial charge in [-0.1, -0.05) is 12.1 Å². The second kappa shape index (κ2) is 4.34. The number of rotatable bonds is 2. The molecule has 2 rings (SSSR count). The SMILES string of the molecule is CC(C)(O)CN1CCCOc2ccccc21. The predicted molar refractivity (Wildman–Crippen MR) is 65.1 cm³/mol. The topological polar surface area (TPSA) is 32.7 Å². The monoisotopic (exact) mass is 221 g/mol. The van der Waals surface area contributed by atoms with Gasteiger partial charge in [-0.15, -0.1) is 0 Å². The minimum atomic E-state index is -0.683. The fourth-order valence-corrected chi connectivity index (χ4v) is 2.03. The lowest BCUT2D eigenvalue weighted by Crippen LogP contribution is -2.39. The Morgan fingerprint density at radius 1 is 1.38 bits per heavy atom. The quantitative estimate of drug-likeness (QED) is 0.829. The summed E-state index contributed by atoms with van der Waals surface area (Å²) in [6, 6.07) is 8.02. The van der Waals surface area contributed by atoms with Gasteiger partial charge in [-0.3, -0.25) is 0 Å². The normalized spacial score (nSPS) is 16.3. The highest BCUT2D eigenvalue weighted by molar-refractivity contribution is 5.59. The fraction of sp³-hybridized carbons (Fsp3) is 0.538. The summed E-state index contributed by atoms with van der Waals surface area (Å²) >= 11 is 0. The number of aliphatic hydroxyl groups is 1. The molecule has 1 aliphatic rings. The molecule has 1 heterocycles. The van der Waals surface area contributed by atoms with E-state index in [1.807, 2.05) is 38.1 Å². The van der Waals surface area contributed by atoms with E-state index >= 15 is 0 Å². The molecule has 0 amide bonds. The lowest BCUT2D eigenvalue weighted by atomic mass is 10.1. The van der Waals surface area contributed by atoms with E-state index in [0.29, 0.717) is 6.54 Å². The molecule has 1 N–H and O–H groups in total. The number of hydrogen-bond donors (Lipinski definition) is 1. The molecule has 3 nitrogen and oxygen atoms in total. The van der Waals surface area contributed by atoms with Crippen LogP contribution in [0.15, 0.2) is 24.3 Å². The summed E-state index contributed by atoms with van der Waals surface area (Å²) in [7, 11) is 0. The van der Waals surface area contributed by atoms with Crippen molar-refractivity contribution in [1.82, 2.24) is 0 Å². The second-order valence-corrected chi connectivity index (χ2v) is 4.90. The van der Waals surface area contributed by atoms with Crippen LogP contribution in [0.1, 0.15) is 20.3 Å². The van der Waals surface area contributed by atoms with E-state index in [1.165, 1.54) is 0 Å². The zero-order valence-corrected chi connectivity index (χ0v) is 9.94. The van der Waals surface area contributed by atoms with Crippen LogP contribution in [0.4, 0.5) is 5.69 Å². The summed E-state index contributed by atoms with van der Waals surface area (Å²) in [6.45, 7) is 5.98. The van der Waals surface area contributed by atoms with Gasteiger partial charge in [-0.25, -0.2) is 0 Å². The molecule has 1 aromatic rings. The fourth-order valence-electron chi connectivity index (χ4n) is 2.03. The summed E-state index contributed by atoms with van der Waals surface area (Å²) in [5.41, 5.74) is 0.402. The minimum absolute atomic E-state index is 0.632. The number of ether oxygens (including phenoxy) is 1. The molecule has 88 valence electrons. The number of hydrogen-bond acceptors (Lipinski definition) is 3. The molecule has 0 aromatic heterocycles. The molecule has 0 aliphatic carbocycles. The Balaban J connectivity index is 2.26. The number of benzene rings is 1. The van der Waals surface area contributed by atoms with Crippen molar-refractivity contribution in [1.29, 1.82) is 0 Å². The zero-order valence-electron chi connectivity index (χ0n) is 9.94. The van der Waals surface area contributed by atoms with E-state index in [0.717, 1.165) is 31.0 Å². The lowest BCUT2D eigenvalue weighted by molar-refractivity contribution is 0.0874. The molecule has 0 atom stereocenters. The largest absolute Gasteiger partial charge is 0.491 e. The van der Waals surface area contributed by atoms with Crippen LogP contribution >= 0.6 is 0 Å². The van der Waals surface area contributed by atoms with Crippen LogP contribution in [-0.4, -0.2) is 30.4 Å². The lowest BCUT2D eigenvalue weighted by Gasteiger charge is -2.30. The van der Waals surface area contributed by atoms with Gasteiger partial charge in [0.1, 0.15) is 5.75 Å². The molecular formula is C13H19NO2. The molecule has 1 aromatic carbocycles. The molecule has 0 unspecified atom stereocenters. The van der Waals surface area contributed by atoms with Crippen molar-refractivity contribution in [3.05, 3.63) is 24.3 Å². The van der Waals surface area contributed by atoms with E-state index in [1.54, 1.807) is 0 Å². The molecule has 0 saturated heterocycles. The van der Waals surface area contributed by atoms with Crippen LogP contribution in [-0.2, 0) is 0 Å². The van der Waals surface area contributed by atoms with Crippen molar-refractivity contribution < 1.29 is 9.84 Å². The van der Waals surface area contributed by atoms with Crippen LogP contribution < -0.4 is 9.64 Å². The van der Waals surface area contributed by atoms with Crippen LogP contribution in [0.25, 0.3) is 0 Å². The van der Waals surface area contributed by atoms with Crippen LogP contribution in [0.3, 0.4) is 0 Å². The first-order valence-corrected chi connectivity index (χ1v) is 5.75. The number of para-hydroxylation sites is 2. The smallest absolute Gasteiger partial charge is 0.142 e. The maximum Gasteiger partial charge on any atom is 0.142 e. The van der Waals surface area contributed by atoms with Gasteiger partial charge in [0, 0.05) is 13.1 Å². The third-order valence-corrected chi connectivity index (χ3v) is 2.61. The summed E-state index contributed by atoms with van der Waals surface area (Å²) in [4.78, 5) is 2.20. The molecular weight excluding hydrogens is 202 g/mol. The van der Waals surface area contributed by atoms with E-state index < -0.39 is 5.60 Å². The number of fused-ring (bicyclic) bond motifs is 1. The third-order valence-electron chi connectivity index (χ3n) is 2.61. The highest BCUT2D eigenvalue weighted by atomic mass is 16.5. The maximum absolute atomic E-state index is 9.90. The Morgan fingerprint density at radius 3 is 2.88 bits per heavy atom. The van der Waals surface area contributed by atoms with Gasteiger partial charge in [0.2, 0.25) is 0 Å². The summed E-state index contributed by atoms with van der Waals surface area (Å²) in [5, 5.41) is 9.90. The molecule has 1 aliphatic heterocycles. The minimum Gasteiger partial charge on any atom is -0.491 e. The molecule has 0 saturated carbocycles. The standard InChI is InChI=1S/C13H19NO2/c1-13(2,15)10-14-8-5-9-16-12-7-4-3-6-11(12)14/h3-4,6-7,15H,5,8-10H2,1-2H3. The van der Waals surface area contributed by atoms with Crippen LogP contribution in [0.2, 0.25) is 0 Å². The van der Waals surface area contributed by atoms with Crippen molar-refractivity contribution in [2.24, 2.45) is 0 Å². The Morgan fingerprint density at radius 2 is 2.12 bits per heavy atom. The highest BCUT2D eigenvalue weighted by Gasteiger charge is 2.22. The van der Waals surface area contributed by atoms with Gasteiger partial charge in [-0.05, 0) is 32.4 Å². The number of nitrogens with zero attached hydrogens (tertiary/aromatic N) is 1. The molecule has 0 bridgehead atoms. The van der Waals surface area contributed by atoms with Gasteiger partial charge < -0.3 is 14.7 Å². The summed E-state index contributed by atoms with van der Waals surface area (Å²) < 4.78 is 5.67. The zero-order chi connectivity index (χ0) is 11.6. The van der Waals surface area contributed by atoms with Gasteiger partial charge >= 0.3 is 0 Å². The molecule has 0 fully saturated rings. The van der Waals surface area contributed by atoms with E-state index in [-0.39, 0.29) is 0 Å². The average molecular weight is 221 g/mol. The molecule has 3 heteroatoms. The van der Waals surface area contributed by atoms with Gasteiger partial charge in [0.15, 0.2) is 0 Å². The highest BCUT2D eigenvalue weighted by Crippen LogP contribution is 2.31. The molecule has 0 radical (unpaired) electrons. The van der Waals surface area contributed by atoms with Crippen molar-refractivity contribution in [3.63, 3.8) is 0 Å². The Hall–Kier alpha value is -1.22. The van der Waals surface area contributed by atoms with Gasteiger partial charge in [0.25, 0.3) is 0 Å². The van der Waals surface area contributed by atoms with E-state index in [4.69, 9.17) is 4.74 Å². The van der Waals surface area contributed by atoms with Crippen LogP contribution in [0.5, 0.6) is 5.75 Å². The maximum atomic E-state index is 9.90. The van der Waals surface area contributed by atoms with Crippen molar-refractivity contribution >= 4 is 5.69 Å². The Kier molecular flexibility index (Phi) is 3.06. The van der Waals surface area contributed by atoms with Crippen molar-refractivity contribution in [3.8, 4) is 5.75 Å².